The summed E-state index contributed by atoms with van der Waals surface area (Å²) in [5.74, 6) is 1.84. The summed E-state index contributed by atoms with van der Waals surface area (Å²) in [7, 11) is 0. The van der Waals surface area contributed by atoms with E-state index in [2.05, 4.69) is 15.1 Å². The van der Waals surface area contributed by atoms with Crippen molar-refractivity contribution >= 4 is 22.9 Å². The molecular weight excluding hydrogens is 375 g/mol. The number of pyridine rings is 1. The summed E-state index contributed by atoms with van der Waals surface area (Å²) in [6.45, 7) is 1.26. The normalized spacial score (nSPS) is 19.3. The summed E-state index contributed by atoms with van der Waals surface area (Å²) in [6, 6.07) is 11.5. The number of anilines is 1. The summed E-state index contributed by atoms with van der Waals surface area (Å²) in [6.07, 6.45) is 7.71. The van der Waals surface area contributed by atoms with Crippen molar-refractivity contribution in [3.05, 3.63) is 59.0 Å². The third kappa shape index (κ3) is 3.26. The van der Waals surface area contributed by atoms with E-state index < -0.39 is 5.67 Å². The molecule has 4 nitrogen and oxygen atoms in total. The van der Waals surface area contributed by atoms with Crippen molar-refractivity contribution in [3.63, 3.8) is 0 Å². The smallest absolute Gasteiger partial charge is 0.181 e. The maximum Gasteiger partial charge on any atom is 0.181 e. The van der Waals surface area contributed by atoms with E-state index in [1.54, 1.807) is 0 Å². The van der Waals surface area contributed by atoms with Gasteiger partial charge in [0, 0.05) is 38.5 Å². The molecule has 1 saturated heterocycles. The molecule has 0 bridgehead atoms. The molecule has 0 amide bonds. The van der Waals surface area contributed by atoms with Gasteiger partial charge in [-0.1, -0.05) is 54.8 Å². The highest BCUT2D eigenvalue weighted by atomic mass is 35.5. The van der Waals surface area contributed by atoms with Crippen molar-refractivity contribution in [1.29, 1.82) is 0 Å². The maximum absolute atomic E-state index is 15.4. The van der Waals surface area contributed by atoms with E-state index in [1.807, 2.05) is 47.0 Å². The van der Waals surface area contributed by atoms with E-state index in [1.165, 1.54) is 19.3 Å². The van der Waals surface area contributed by atoms with Crippen molar-refractivity contribution in [2.24, 2.45) is 5.92 Å². The Balaban J connectivity index is 1.34. The molecule has 2 aliphatic rings. The molecule has 0 unspecified atom stereocenters. The number of nitrogens with zero attached hydrogens (tertiary/aromatic N) is 4. The van der Waals surface area contributed by atoms with Gasteiger partial charge in [-0.25, -0.2) is 4.39 Å². The van der Waals surface area contributed by atoms with Gasteiger partial charge in [0.1, 0.15) is 16.5 Å². The number of benzene rings is 1. The van der Waals surface area contributed by atoms with Crippen LogP contribution in [0.3, 0.4) is 0 Å². The van der Waals surface area contributed by atoms with Gasteiger partial charge in [-0.3, -0.25) is 4.40 Å². The number of aryl methyl sites for hydroxylation is 1. The average Bonchev–Trinajstić information content (AvgIpc) is 3.47. The molecule has 1 saturated carbocycles. The summed E-state index contributed by atoms with van der Waals surface area (Å²) in [5, 5.41) is 9.29. The zero-order valence-electron chi connectivity index (χ0n) is 15.8. The Kier molecular flexibility index (Phi) is 4.50. The number of rotatable bonds is 5. The quantitative estimate of drug-likeness (QED) is 0.593. The fourth-order valence-electron chi connectivity index (χ4n) is 4.24. The molecule has 1 aliphatic heterocycles. The fourth-order valence-corrected chi connectivity index (χ4v) is 4.56. The number of hydrogen-bond donors (Lipinski definition) is 0. The number of piperidine rings is 1. The van der Waals surface area contributed by atoms with Crippen molar-refractivity contribution < 1.29 is 4.39 Å². The Morgan fingerprint density at radius 1 is 1.07 bits per heavy atom. The van der Waals surface area contributed by atoms with Crippen LogP contribution in [0.4, 0.5) is 10.1 Å². The summed E-state index contributed by atoms with van der Waals surface area (Å²) >= 11 is 6.69. The molecule has 1 aliphatic carbocycles. The van der Waals surface area contributed by atoms with Crippen LogP contribution in [0.25, 0.3) is 5.65 Å². The van der Waals surface area contributed by atoms with E-state index in [0.29, 0.717) is 36.6 Å². The van der Waals surface area contributed by atoms with Crippen molar-refractivity contribution in [1.82, 2.24) is 14.6 Å². The third-order valence-electron chi connectivity index (χ3n) is 6.23. The van der Waals surface area contributed by atoms with Crippen molar-refractivity contribution in [2.45, 2.75) is 44.2 Å². The van der Waals surface area contributed by atoms with E-state index in [0.717, 1.165) is 29.4 Å². The van der Waals surface area contributed by atoms with E-state index in [-0.39, 0.29) is 0 Å². The monoisotopic (exact) mass is 398 g/mol. The van der Waals surface area contributed by atoms with Crippen LogP contribution in [0, 0.1) is 5.92 Å². The Labute approximate surface area is 169 Å². The highest BCUT2D eigenvalue weighted by molar-refractivity contribution is 6.36. The predicted octanol–water partition coefficient (Wildman–Crippen LogP) is 5.19. The molecule has 0 spiro atoms. The molecule has 0 atom stereocenters. The van der Waals surface area contributed by atoms with Crippen LogP contribution in [0.1, 0.15) is 43.5 Å². The molecule has 0 N–H and O–H groups in total. The lowest BCUT2D eigenvalue weighted by molar-refractivity contribution is 0.125. The number of aromatic nitrogens is 3. The van der Waals surface area contributed by atoms with Gasteiger partial charge in [0.05, 0.1) is 5.69 Å². The first-order chi connectivity index (χ1) is 13.6. The van der Waals surface area contributed by atoms with Crippen LogP contribution < -0.4 is 4.90 Å². The summed E-state index contributed by atoms with van der Waals surface area (Å²) in [5.41, 5.74) is 1.13. The summed E-state index contributed by atoms with van der Waals surface area (Å²) < 4.78 is 17.4. The van der Waals surface area contributed by atoms with Crippen LogP contribution in [0.5, 0.6) is 0 Å². The molecule has 3 heterocycles. The Hall–Kier alpha value is -2.14. The number of halogens is 2. The predicted molar refractivity (Wildman–Crippen MR) is 110 cm³/mol. The van der Waals surface area contributed by atoms with Gasteiger partial charge in [0.2, 0.25) is 0 Å². The second kappa shape index (κ2) is 7.03. The molecule has 2 fully saturated rings. The lowest BCUT2D eigenvalue weighted by atomic mass is 9.86. The topological polar surface area (TPSA) is 33.4 Å². The van der Waals surface area contributed by atoms with Gasteiger partial charge < -0.3 is 4.90 Å². The molecule has 6 heteroatoms. The highest BCUT2D eigenvalue weighted by Gasteiger charge is 2.36. The molecule has 0 radical (unpaired) electrons. The van der Waals surface area contributed by atoms with Crippen molar-refractivity contribution in [3.8, 4) is 0 Å². The minimum Gasteiger partial charge on any atom is -0.370 e. The lowest BCUT2D eigenvalue weighted by Gasteiger charge is -2.38. The standard InChI is InChI=1S/C22H24ClFN4/c23-20-18(10-13-28-19(25-26-21(20)28)9-8-16-6-7-16)27-14-11-22(24,12-15-27)17-4-2-1-3-5-17/h1-5,10,13,16H,6-9,11-12,14-15H2. The average molecular weight is 399 g/mol. The third-order valence-corrected chi connectivity index (χ3v) is 6.59. The first-order valence-electron chi connectivity index (χ1n) is 10.2. The lowest BCUT2D eigenvalue weighted by Crippen LogP contribution is -2.40. The van der Waals surface area contributed by atoms with E-state index >= 15 is 4.39 Å². The van der Waals surface area contributed by atoms with E-state index in [9.17, 15) is 0 Å². The number of alkyl halides is 1. The SMILES string of the molecule is FC1(c2ccccc2)CCN(c2ccn3c(CCC4CC4)nnc3c2Cl)CC1. The Morgan fingerprint density at radius 2 is 1.82 bits per heavy atom. The minimum atomic E-state index is -1.26. The van der Waals surface area contributed by atoms with Gasteiger partial charge in [0.25, 0.3) is 0 Å². The van der Waals surface area contributed by atoms with Gasteiger partial charge in [-0.15, -0.1) is 10.2 Å². The van der Waals surface area contributed by atoms with E-state index in [4.69, 9.17) is 11.6 Å². The highest BCUT2D eigenvalue weighted by Crippen LogP contribution is 2.40. The second-order valence-electron chi connectivity index (χ2n) is 8.13. The first-order valence-corrected chi connectivity index (χ1v) is 10.5. The van der Waals surface area contributed by atoms with Crippen LogP contribution in [0.15, 0.2) is 42.6 Å². The molecule has 1 aromatic carbocycles. The van der Waals surface area contributed by atoms with Gasteiger partial charge in [-0.2, -0.15) is 0 Å². The first kappa shape index (κ1) is 17.9. The molecule has 2 aromatic heterocycles. The number of hydrogen-bond acceptors (Lipinski definition) is 3. The Morgan fingerprint density at radius 3 is 2.54 bits per heavy atom. The zero-order chi connectivity index (χ0) is 19.1. The van der Waals surface area contributed by atoms with Crippen molar-refractivity contribution in [2.75, 3.05) is 18.0 Å². The Bertz CT molecular complexity index is 975. The minimum absolute atomic E-state index is 0.456. The van der Waals surface area contributed by atoms with Gasteiger partial charge >= 0.3 is 0 Å². The summed E-state index contributed by atoms with van der Waals surface area (Å²) in [4.78, 5) is 2.17. The molecule has 146 valence electrons. The maximum atomic E-state index is 15.4. The van der Waals surface area contributed by atoms with Gasteiger partial charge in [0.15, 0.2) is 5.65 Å². The van der Waals surface area contributed by atoms with Crippen LogP contribution >= 0.6 is 11.6 Å². The molecular formula is C22H24ClFN4. The molecule has 28 heavy (non-hydrogen) atoms. The van der Waals surface area contributed by atoms with Gasteiger partial charge in [-0.05, 0) is 24.0 Å². The van der Waals surface area contributed by atoms with Crippen LogP contribution in [0.2, 0.25) is 5.02 Å². The molecule has 3 aromatic rings. The zero-order valence-corrected chi connectivity index (χ0v) is 16.6. The van der Waals surface area contributed by atoms with Crippen LogP contribution in [-0.2, 0) is 12.1 Å². The van der Waals surface area contributed by atoms with Crippen LogP contribution in [-0.4, -0.2) is 27.7 Å². The molecule has 5 rings (SSSR count). The largest absolute Gasteiger partial charge is 0.370 e. The number of fused-ring (bicyclic) bond motifs is 1. The fraction of sp³-hybridized carbons (Fsp3) is 0.455. The second-order valence-corrected chi connectivity index (χ2v) is 8.50.